The standard InChI is InChI=1S/C12H11NO4S/c1-6-10(12(16)17-2)18-11(13-6)7-3-4-8(14)9(15)5-7/h3-5,14-15H,1-2H3. The van der Waals surface area contributed by atoms with Gasteiger partial charge in [-0.15, -0.1) is 11.3 Å². The summed E-state index contributed by atoms with van der Waals surface area (Å²) < 4.78 is 4.65. The summed E-state index contributed by atoms with van der Waals surface area (Å²) in [6, 6.07) is 4.39. The number of carbonyl (C=O) groups is 1. The lowest BCUT2D eigenvalue weighted by Crippen LogP contribution is -1.99. The van der Waals surface area contributed by atoms with E-state index in [1.54, 1.807) is 13.0 Å². The fourth-order valence-electron chi connectivity index (χ4n) is 1.46. The number of phenolic OH excluding ortho intramolecular Hbond substituents is 2. The maximum Gasteiger partial charge on any atom is 0.349 e. The molecule has 5 nitrogen and oxygen atoms in total. The Balaban J connectivity index is 2.45. The van der Waals surface area contributed by atoms with Crippen LogP contribution in [0.4, 0.5) is 0 Å². The molecule has 0 spiro atoms. The van der Waals surface area contributed by atoms with Gasteiger partial charge in [0.05, 0.1) is 12.8 Å². The molecular weight excluding hydrogens is 254 g/mol. The largest absolute Gasteiger partial charge is 0.504 e. The Bertz CT molecular complexity index is 606. The van der Waals surface area contributed by atoms with Gasteiger partial charge in [-0.1, -0.05) is 0 Å². The van der Waals surface area contributed by atoms with Crippen LogP contribution in [0.3, 0.4) is 0 Å². The van der Waals surface area contributed by atoms with Gasteiger partial charge in [0.25, 0.3) is 0 Å². The third-order valence-electron chi connectivity index (χ3n) is 2.39. The van der Waals surface area contributed by atoms with Gasteiger partial charge in [-0.25, -0.2) is 9.78 Å². The van der Waals surface area contributed by atoms with Crippen LogP contribution in [-0.2, 0) is 4.74 Å². The number of nitrogens with zero attached hydrogens (tertiary/aromatic N) is 1. The molecule has 2 N–H and O–H groups in total. The second kappa shape index (κ2) is 4.66. The molecule has 0 saturated heterocycles. The second-order valence-electron chi connectivity index (χ2n) is 3.63. The third kappa shape index (κ3) is 2.14. The highest BCUT2D eigenvalue weighted by Crippen LogP contribution is 2.33. The zero-order chi connectivity index (χ0) is 13.3. The van der Waals surface area contributed by atoms with Crippen LogP contribution < -0.4 is 0 Å². The first-order valence-corrected chi connectivity index (χ1v) is 5.92. The topological polar surface area (TPSA) is 79.7 Å². The minimum Gasteiger partial charge on any atom is -0.504 e. The Labute approximate surface area is 107 Å². The average Bonchev–Trinajstić information content (AvgIpc) is 2.74. The number of hydrogen-bond donors (Lipinski definition) is 2. The normalized spacial score (nSPS) is 10.3. The lowest BCUT2D eigenvalue weighted by atomic mass is 10.2. The number of aromatic nitrogens is 1. The van der Waals surface area contributed by atoms with Crippen molar-refractivity contribution in [1.29, 1.82) is 0 Å². The SMILES string of the molecule is COC(=O)c1sc(-c2ccc(O)c(O)c2)nc1C. The van der Waals surface area contributed by atoms with Crippen molar-refractivity contribution in [2.75, 3.05) is 7.11 Å². The molecule has 2 rings (SSSR count). The van der Waals surface area contributed by atoms with Crippen molar-refractivity contribution >= 4 is 17.3 Å². The quantitative estimate of drug-likeness (QED) is 0.643. The molecule has 0 aliphatic carbocycles. The first kappa shape index (κ1) is 12.4. The van der Waals surface area contributed by atoms with Crippen molar-refractivity contribution in [3.8, 4) is 22.1 Å². The van der Waals surface area contributed by atoms with Crippen molar-refractivity contribution < 1.29 is 19.7 Å². The molecule has 0 saturated carbocycles. The van der Waals surface area contributed by atoms with Crippen LogP contribution in [-0.4, -0.2) is 28.3 Å². The number of rotatable bonds is 2. The highest BCUT2D eigenvalue weighted by atomic mass is 32.1. The summed E-state index contributed by atoms with van der Waals surface area (Å²) in [6.45, 7) is 1.71. The van der Waals surface area contributed by atoms with Gasteiger partial charge in [0.1, 0.15) is 9.88 Å². The Morgan fingerprint density at radius 3 is 2.67 bits per heavy atom. The van der Waals surface area contributed by atoms with E-state index in [-0.39, 0.29) is 11.5 Å². The smallest absolute Gasteiger partial charge is 0.349 e. The second-order valence-corrected chi connectivity index (χ2v) is 4.63. The van der Waals surface area contributed by atoms with E-state index in [4.69, 9.17) is 0 Å². The first-order chi connectivity index (χ1) is 8.52. The number of methoxy groups -OCH3 is 1. The van der Waals surface area contributed by atoms with Crippen LogP contribution in [0.25, 0.3) is 10.6 Å². The van der Waals surface area contributed by atoms with Gasteiger partial charge in [0.15, 0.2) is 11.5 Å². The average molecular weight is 265 g/mol. The van der Waals surface area contributed by atoms with Crippen molar-refractivity contribution in [1.82, 2.24) is 4.98 Å². The molecule has 0 fully saturated rings. The van der Waals surface area contributed by atoms with E-state index in [0.29, 0.717) is 21.1 Å². The molecule has 2 aromatic rings. The van der Waals surface area contributed by atoms with Crippen molar-refractivity contribution in [2.45, 2.75) is 6.92 Å². The number of carbonyl (C=O) groups excluding carboxylic acids is 1. The molecule has 0 atom stereocenters. The summed E-state index contributed by atoms with van der Waals surface area (Å²) in [5, 5.41) is 19.2. The first-order valence-electron chi connectivity index (χ1n) is 5.11. The number of ether oxygens (including phenoxy) is 1. The van der Waals surface area contributed by atoms with Crippen molar-refractivity contribution in [3.05, 3.63) is 28.8 Å². The minimum absolute atomic E-state index is 0.194. The molecule has 0 aliphatic rings. The Morgan fingerprint density at radius 1 is 1.33 bits per heavy atom. The van der Waals surface area contributed by atoms with Crippen LogP contribution in [0.5, 0.6) is 11.5 Å². The Hall–Kier alpha value is -2.08. The predicted molar refractivity (Wildman–Crippen MR) is 67.0 cm³/mol. The Kier molecular flexibility index (Phi) is 3.20. The van der Waals surface area contributed by atoms with Crippen LogP contribution in [0, 0.1) is 6.92 Å². The molecular formula is C12H11NO4S. The number of aryl methyl sites for hydroxylation is 1. The van der Waals surface area contributed by atoms with E-state index >= 15 is 0 Å². The predicted octanol–water partition coefficient (Wildman–Crippen LogP) is 2.32. The monoisotopic (exact) mass is 265 g/mol. The molecule has 0 radical (unpaired) electrons. The fourth-order valence-corrected chi connectivity index (χ4v) is 2.44. The van der Waals surface area contributed by atoms with Gasteiger partial charge in [-0.05, 0) is 25.1 Å². The van der Waals surface area contributed by atoms with Gasteiger partial charge in [-0.2, -0.15) is 0 Å². The molecule has 1 aromatic carbocycles. The van der Waals surface area contributed by atoms with Gasteiger partial charge < -0.3 is 14.9 Å². The molecule has 0 aliphatic heterocycles. The molecule has 0 amide bonds. The molecule has 1 aromatic heterocycles. The maximum atomic E-state index is 11.5. The lowest BCUT2D eigenvalue weighted by Gasteiger charge is -1.99. The van der Waals surface area contributed by atoms with Gasteiger partial charge in [0.2, 0.25) is 0 Å². The van der Waals surface area contributed by atoms with E-state index in [2.05, 4.69) is 9.72 Å². The number of thiazole rings is 1. The van der Waals surface area contributed by atoms with Crippen LogP contribution in [0.1, 0.15) is 15.4 Å². The number of benzene rings is 1. The summed E-state index contributed by atoms with van der Waals surface area (Å²) in [4.78, 5) is 16.1. The highest BCUT2D eigenvalue weighted by molar-refractivity contribution is 7.17. The van der Waals surface area contributed by atoms with Crippen LogP contribution >= 0.6 is 11.3 Å². The summed E-state index contributed by atoms with van der Waals surface area (Å²) in [7, 11) is 1.31. The molecule has 6 heteroatoms. The number of esters is 1. The Morgan fingerprint density at radius 2 is 2.06 bits per heavy atom. The van der Waals surface area contributed by atoms with E-state index in [0.717, 1.165) is 0 Å². The number of hydrogen-bond acceptors (Lipinski definition) is 6. The number of phenols is 2. The van der Waals surface area contributed by atoms with Gasteiger partial charge in [-0.3, -0.25) is 0 Å². The van der Waals surface area contributed by atoms with E-state index in [9.17, 15) is 15.0 Å². The molecule has 18 heavy (non-hydrogen) atoms. The van der Waals surface area contributed by atoms with Crippen LogP contribution in [0.15, 0.2) is 18.2 Å². The van der Waals surface area contributed by atoms with Crippen molar-refractivity contribution in [3.63, 3.8) is 0 Å². The van der Waals surface area contributed by atoms with Gasteiger partial charge in [0, 0.05) is 5.56 Å². The number of aromatic hydroxyl groups is 2. The molecule has 1 heterocycles. The third-order valence-corrected chi connectivity index (χ3v) is 3.58. The van der Waals surface area contributed by atoms with E-state index in [1.165, 1.54) is 30.6 Å². The highest BCUT2D eigenvalue weighted by Gasteiger charge is 2.17. The molecule has 94 valence electrons. The maximum absolute atomic E-state index is 11.5. The molecule has 0 unspecified atom stereocenters. The van der Waals surface area contributed by atoms with Crippen LogP contribution in [0.2, 0.25) is 0 Å². The van der Waals surface area contributed by atoms with E-state index in [1.807, 2.05) is 0 Å². The zero-order valence-corrected chi connectivity index (χ0v) is 10.6. The fraction of sp³-hybridized carbons (Fsp3) is 0.167. The van der Waals surface area contributed by atoms with Crippen molar-refractivity contribution in [2.24, 2.45) is 0 Å². The van der Waals surface area contributed by atoms with E-state index < -0.39 is 5.97 Å². The summed E-state index contributed by atoms with van der Waals surface area (Å²) in [5.41, 5.74) is 1.21. The molecule has 0 bridgehead atoms. The minimum atomic E-state index is -0.431. The zero-order valence-electron chi connectivity index (χ0n) is 9.80. The summed E-state index contributed by atoms with van der Waals surface area (Å²) >= 11 is 1.18. The summed E-state index contributed by atoms with van der Waals surface area (Å²) in [6.07, 6.45) is 0. The van der Waals surface area contributed by atoms with Gasteiger partial charge >= 0.3 is 5.97 Å². The summed E-state index contributed by atoms with van der Waals surface area (Å²) in [5.74, 6) is -0.848. The lowest BCUT2D eigenvalue weighted by molar-refractivity contribution is 0.0605.